The molecule has 0 radical (unpaired) electrons. The predicted octanol–water partition coefficient (Wildman–Crippen LogP) is 1.24. The second-order valence-corrected chi connectivity index (χ2v) is 5.95. The van der Waals surface area contributed by atoms with Gasteiger partial charge >= 0.3 is 0 Å². The van der Waals surface area contributed by atoms with Crippen molar-refractivity contribution in [3.05, 3.63) is 34.7 Å². The molecule has 2 aromatic rings. The number of aromatic nitrogens is 3. The van der Waals surface area contributed by atoms with Crippen LogP contribution in [-0.4, -0.2) is 58.5 Å². The number of anilines is 1. The monoisotopic (exact) mass is 390 g/mol. The van der Waals surface area contributed by atoms with E-state index in [0.717, 1.165) is 30.3 Å². The van der Waals surface area contributed by atoms with Crippen LogP contribution in [0.3, 0.4) is 0 Å². The van der Waals surface area contributed by atoms with Crippen molar-refractivity contribution in [1.29, 1.82) is 0 Å². The summed E-state index contributed by atoms with van der Waals surface area (Å²) in [6, 6.07) is 0. The number of nitrogens with zero attached hydrogens (tertiary/aromatic N) is 5. The average molecular weight is 391 g/mol. The summed E-state index contributed by atoms with van der Waals surface area (Å²) in [6.45, 7) is 3.39. The van der Waals surface area contributed by atoms with Gasteiger partial charge in [0, 0.05) is 50.4 Å². The Bertz CT molecular complexity index is 633. The van der Waals surface area contributed by atoms with Gasteiger partial charge in [0.2, 0.25) is 0 Å². The van der Waals surface area contributed by atoms with E-state index in [1.807, 2.05) is 10.3 Å². The molecule has 0 aliphatic carbocycles. The maximum atomic E-state index is 12.5. The molecule has 1 saturated heterocycles. The van der Waals surface area contributed by atoms with Crippen LogP contribution in [0.25, 0.3) is 0 Å². The number of nitrogens with two attached hydrogens (primary N) is 1. The highest BCUT2D eigenvalue weighted by Crippen LogP contribution is 2.15. The zero-order chi connectivity index (χ0) is 15.4. The van der Waals surface area contributed by atoms with Crippen LogP contribution in [0.5, 0.6) is 0 Å². The molecule has 1 amide bonds. The minimum atomic E-state index is -0.00156. The molecule has 2 aromatic heterocycles. The van der Waals surface area contributed by atoms with Crippen molar-refractivity contribution in [3.8, 4) is 0 Å². The summed E-state index contributed by atoms with van der Waals surface area (Å²) in [5.41, 5.74) is 6.04. The number of hydrogen-bond donors (Lipinski definition) is 1. The molecule has 1 aliphatic rings. The van der Waals surface area contributed by atoms with E-state index in [9.17, 15) is 4.79 Å². The molecular weight excluding hydrogens is 371 g/mol. The largest absolute Gasteiger partial charge is 0.352 e. The summed E-state index contributed by atoms with van der Waals surface area (Å²) < 4.78 is 0. The third kappa shape index (κ3) is 4.76. The van der Waals surface area contributed by atoms with Gasteiger partial charge in [-0.1, -0.05) is 0 Å². The van der Waals surface area contributed by atoms with Crippen LogP contribution in [0.1, 0.15) is 15.5 Å². The maximum Gasteiger partial charge on any atom is 0.273 e. The van der Waals surface area contributed by atoms with Crippen molar-refractivity contribution >= 4 is 47.9 Å². The van der Waals surface area contributed by atoms with E-state index in [0.29, 0.717) is 25.3 Å². The maximum absolute atomic E-state index is 12.5. The summed E-state index contributed by atoms with van der Waals surface area (Å²) in [4.78, 5) is 29.2. The molecule has 0 atom stereocenters. The molecule has 24 heavy (non-hydrogen) atoms. The van der Waals surface area contributed by atoms with Gasteiger partial charge in [-0.15, -0.1) is 36.2 Å². The Balaban J connectivity index is 0.00000144. The number of hydrogen-bond acceptors (Lipinski definition) is 7. The highest BCUT2D eigenvalue weighted by Gasteiger charge is 2.24. The fourth-order valence-electron chi connectivity index (χ4n) is 2.40. The molecule has 7 nitrogen and oxygen atoms in total. The molecule has 0 bridgehead atoms. The van der Waals surface area contributed by atoms with E-state index in [4.69, 9.17) is 5.73 Å². The van der Waals surface area contributed by atoms with Crippen LogP contribution < -0.4 is 10.6 Å². The molecule has 1 aliphatic heterocycles. The highest BCUT2D eigenvalue weighted by atomic mass is 35.5. The van der Waals surface area contributed by atoms with Crippen LogP contribution in [0, 0.1) is 0 Å². The SMILES string of the molecule is Cl.Cl.NCCc1nc(C(=O)N2CCN(c3cnccn3)CC2)cs1. The standard InChI is InChI=1S/C14H18N6OS.2ClH/c15-2-1-13-18-11(10-22-13)14(21)20-7-5-19(6-8-20)12-9-16-3-4-17-12;;/h3-4,9-10H,1-2,5-8,15H2;2*1H. The topological polar surface area (TPSA) is 88.2 Å². The Morgan fingerprint density at radius 3 is 2.58 bits per heavy atom. The predicted molar refractivity (Wildman–Crippen MR) is 99.5 cm³/mol. The fourth-order valence-corrected chi connectivity index (χ4v) is 3.19. The van der Waals surface area contributed by atoms with Gasteiger partial charge in [0.1, 0.15) is 11.5 Å². The molecule has 3 rings (SSSR count). The molecule has 3 heterocycles. The quantitative estimate of drug-likeness (QED) is 0.844. The van der Waals surface area contributed by atoms with Gasteiger partial charge in [-0.25, -0.2) is 9.97 Å². The second-order valence-electron chi connectivity index (χ2n) is 5.01. The molecular formula is C14H20Cl2N6OS. The smallest absolute Gasteiger partial charge is 0.273 e. The Labute approximate surface area is 157 Å². The van der Waals surface area contributed by atoms with Crippen LogP contribution >= 0.6 is 36.2 Å². The van der Waals surface area contributed by atoms with Crippen molar-refractivity contribution in [3.63, 3.8) is 0 Å². The third-order valence-electron chi connectivity index (χ3n) is 3.57. The number of thiazole rings is 1. The molecule has 0 unspecified atom stereocenters. The molecule has 2 N–H and O–H groups in total. The first-order chi connectivity index (χ1) is 10.8. The molecule has 1 fully saturated rings. The molecule has 132 valence electrons. The van der Waals surface area contributed by atoms with Gasteiger partial charge in [0.25, 0.3) is 5.91 Å². The molecule has 0 saturated carbocycles. The van der Waals surface area contributed by atoms with Crippen LogP contribution in [0.2, 0.25) is 0 Å². The number of amides is 1. The van der Waals surface area contributed by atoms with E-state index in [1.165, 1.54) is 11.3 Å². The Morgan fingerprint density at radius 2 is 1.96 bits per heavy atom. The number of piperazine rings is 1. The van der Waals surface area contributed by atoms with Gasteiger partial charge in [-0.05, 0) is 6.54 Å². The summed E-state index contributed by atoms with van der Waals surface area (Å²) in [5, 5.41) is 2.74. The Hall–Kier alpha value is -1.48. The van der Waals surface area contributed by atoms with Crippen molar-refractivity contribution in [2.24, 2.45) is 5.73 Å². The lowest BCUT2D eigenvalue weighted by Crippen LogP contribution is -2.49. The van der Waals surface area contributed by atoms with Gasteiger partial charge in [0.05, 0.1) is 11.2 Å². The summed E-state index contributed by atoms with van der Waals surface area (Å²) in [5.74, 6) is 0.854. The zero-order valence-corrected chi connectivity index (χ0v) is 15.4. The first-order valence-corrected chi connectivity index (χ1v) is 8.10. The van der Waals surface area contributed by atoms with Crippen LogP contribution in [-0.2, 0) is 6.42 Å². The normalized spacial score (nSPS) is 13.9. The van der Waals surface area contributed by atoms with Crippen LogP contribution in [0.15, 0.2) is 24.0 Å². The first kappa shape index (κ1) is 20.6. The minimum Gasteiger partial charge on any atom is -0.352 e. The summed E-state index contributed by atoms with van der Waals surface area (Å²) >= 11 is 1.50. The van der Waals surface area contributed by atoms with Crippen LogP contribution in [0.4, 0.5) is 5.82 Å². The van der Waals surface area contributed by atoms with Gasteiger partial charge < -0.3 is 15.5 Å². The number of rotatable bonds is 4. The number of halogens is 2. The highest BCUT2D eigenvalue weighted by molar-refractivity contribution is 7.09. The number of carbonyl (C=O) groups excluding carboxylic acids is 1. The zero-order valence-electron chi connectivity index (χ0n) is 13.0. The van der Waals surface area contributed by atoms with E-state index < -0.39 is 0 Å². The average Bonchev–Trinajstić information content (AvgIpc) is 3.04. The lowest BCUT2D eigenvalue weighted by Gasteiger charge is -2.34. The van der Waals surface area contributed by atoms with Gasteiger partial charge in [-0.3, -0.25) is 9.78 Å². The van der Waals surface area contributed by atoms with Crippen molar-refractivity contribution < 1.29 is 4.79 Å². The lowest BCUT2D eigenvalue weighted by atomic mass is 10.3. The number of carbonyl (C=O) groups is 1. The second kappa shape index (κ2) is 9.73. The Kier molecular flexibility index (Phi) is 8.34. The lowest BCUT2D eigenvalue weighted by molar-refractivity contribution is 0.0741. The van der Waals surface area contributed by atoms with Gasteiger partial charge in [0.15, 0.2) is 0 Å². The van der Waals surface area contributed by atoms with Gasteiger partial charge in [-0.2, -0.15) is 0 Å². The fraction of sp³-hybridized carbons (Fsp3) is 0.429. The summed E-state index contributed by atoms with van der Waals surface area (Å²) in [6.07, 6.45) is 5.81. The molecule has 0 spiro atoms. The minimum absolute atomic E-state index is 0. The first-order valence-electron chi connectivity index (χ1n) is 7.22. The van der Waals surface area contributed by atoms with Crippen molar-refractivity contribution in [1.82, 2.24) is 19.9 Å². The summed E-state index contributed by atoms with van der Waals surface area (Å²) in [7, 11) is 0. The van der Waals surface area contributed by atoms with Crippen molar-refractivity contribution in [2.75, 3.05) is 37.6 Å². The third-order valence-corrected chi connectivity index (χ3v) is 4.48. The van der Waals surface area contributed by atoms with Crippen molar-refractivity contribution in [2.45, 2.75) is 6.42 Å². The van der Waals surface area contributed by atoms with E-state index in [1.54, 1.807) is 18.6 Å². The molecule has 10 heteroatoms. The van der Waals surface area contributed by atoms with E-state index >= 15 is 0 Å². The van der Waals surface area contributed by atoms with E-state index in [2.05, 4.69) is 19.9 Å². The van der Waals surface area contributed by atoms with E-state index in [-0.39, 0.29) is 30.7 Å². The Morgan fingerprint density at radius 1 is 1.21 bits per heavy atom. The molecule has 0 aromatic carbocycles.